The van der Waals surface area contributed by atoms with Gasteiger partial charge in [0.1, 0.15) is 0 Å². The molecule has 0 aliphatic carbocycles. The third-order valence-corrected chi connectivity index (χ3v) is 4.53. The molecule has 0 atom stereocenters. The van der Waals surface area contributed by atoms with Gasteiger partial charge in [0, 0.05) is 44.5 Å². The maximum absolute atomic E-state index is 12.9. The maximum atomic E-state index is 12.9. The molecule has 0 saturated carbocycles. The van der Waals surface area contributed by atoms with E-state index in [-0.39, 0.29) is 29.0 Å². The first kappa shape index (κ1) is 17.1. The van der Waals surface area contributed by atoms with E-state index in [4.69, 9.17) is 0 Å². The second-order valence-corrected chi connectivity index (χ2v) is 6.60. The van der Waals surface area contributed by atoms with Crippen molar-refractivity contribution >= 4 is 22.6 Å². The van der Waals surface area contributed by atoms with E-state index in [1.807, 2.05) is 13.8 Å². The van der Waals surface area contributed by atoms with E-state index >= 15 is 0 Å². The van der Waals surface area contributed by atoms with E-state index < -0.39 is 0 Å². The summed E-state index contributed by atoms with van der Waals surface area (Å²) in [6.45, 7) is 5.73. The van der Waals surface area contributed by atoms with Crippen molar-refractivity contribution in [1.29, 1.82) is 0 Å². The molecule has 0 spiro atoms. The SMILES string of the molecule is CC(C)C(=O)N1CCN(C(=O)c2nn(C)c(=O)c3ccccc23)CC1. The van der Waals surface area contributed by atoms with Crippen LogP contribution in [0.4, 0.5) is 0 Å². The van der Waals surface area contributed by atoms with Gasteiger partial charge in [0.25, 0.3) is 11.5 Å². The molecule has 1 aliphatic heterocycles. The summed E-state index contributed by atoms with van der Waals surface area (Å²) in [6.07, 6.45) is 0. The van der Waals surface area contributed by atoms with Gasteiger partial charge in [0.05, 0.1) is 5.39 Å². The molecule has 2 aromatic rings. The van der Waals surface area contributed by atoms with Crippen LogP contribution in [0.15, 0.2) is 29.1 Å². The van der Waals surface area contributed by atoms with Crippen LogP contribution in [-0.4, -0.2) is 57.6 Å². The molecule has 0 N–H and O–H groups in total. The Labute approximate surface area is 145 Å². The van der Waals surface area contributed by atoms with Crippen molar-refractivity contribution < 1.29 is 9.59 Å². The predicted molar refractivity (Wildman–Crippen MR) is 94.3 cm³/mol. The third kappa shape index (κ3) is 3.14. The van der Waals surface area contributed by atoms with Crippen LogP contribution in [0.25, 0.3) is 10.8 Å². The summed E-state index contributed by atoms with van der Waals surface area (Å²) in [5.41, 5.74) is 0.0563. The van der Waals surface area contributed by atoms with Crippen molar-refractivity contribution in [2.75, 3.05) is 26.2 Å². The van der Waals surface area contributed by atoms with Crippen LogP contribution in [0.2, 0.25) is 0 Å². The first-order valence-corrected chi connectivity index (χ1v) is 8.44. The van der Waals surface area contributed by atoms with Crippen molar-refractivity contribution in [3.05, 3.63) is 40.3 Å². The molecule has 7 heteroatoms. The molecule has 0 unspecified atom stereocenters. The summed E-state index contributed by atoms with van der Waals surface area (Å²) < 4.78 is 1.20. The van der Waals surface area contributed by atoms with E-state index in [1.165, 1.54) is 4.68 Å². The first-order valence-electron chi connectivity index (χ1n) is 8.44. The van der Waals surface area contributed by atoms with Crippen molar-refractivity contribution in [3.63, 3.8) is 0 Å². The van der Waals surface area contributed by atoms with Crippen LogP contribution in [0, 0.1) is 5.92 Å². The minimum absolute atomic E-state index is 0.0449. The van der Waals surface area contributed by atoms with Gasteiger partial charge in [-0.1, -0.05) is 32.0 Å². The molecule has 1 aromatic heterocycles. The molecule has 7 nitrogen and oxygen atoms in total. The number of amides is 2. The topological polar surface area (TPSA) is 75.5 Å². The van der Waals surface area contributed by atoms with Gasteiger partial charge < -0.3 is 9.80 Å². The second-order valence-electron chi connectivity index (χ2n) is 6.60. The van der Waals surface area contributed by atoms with Crippen molar-refractivity contribution in [3.8, 4) is 0 Å². The van der Waals surface area contributed by atoms with Crippen LogP contribution in [0.1, 0.15) is 24.3 Å². The fourth-order valence-electron chi connectivity index (χ4n) is 3.10. The molecule has 2 heterocycles. The summed E-state index contributed by atoms with van der Waals surface area (Å²) in [4.78, 5) is 40.7. The molecular formula is C18H22N4O3. The van der Waals surface area contributed by atoms with E-state index in [2.05, 4.69) is 5.10 Å². The average molecular weight is 342 g/mol. The van der Waals surface area contributed by atoms with Gasteiger partial charge in [0.15, 0.2) is 5.69 Å². The lowest BCUT2D eigenvalue weighted by Crippen LogP contribution is -2.51. The Morgan fingerprint density at radius 3 is 2.16 bits per heavy atom. The molecule has 0 bridgehead atoms. The number of piperazine rings is 1. The Morgan fingerprint density at radius 2 is 1.56 bits per heavy atom. The number of fused-ring (bicyclic) bond motifs is 1. The first-order chi connectivity index (χ1) is 11.9. The molecule has 1 saturated heterocycles. The summed E-state index contributed by atoms with van der Waals surface area (Å²) in [7, 11) is 1.55. The number of carbonyl (C=O) groups excluding carboxylic acids is 2. The number of hydrogen-bond acceptors (Lipinski definition) is 4. The van der Waals surface area contributed by atoms with Crippen molar-refractivity contribution in [2.24, 2.45) is 13.0 Å². The zero-order valence-electron chi connectivity index (χ0n) is 14.7. The van der Waals surface area contributed by atoms with Crippen molar-refractivity contribution in [2.45, 2.75) is 13.8 Å². The Kier molecular flexibility index (Phi) is 4.57. The molecule has 1 aromatic carbocycles. The standard InChI is InChI=1S/C18H22N4O3/c1-12(2)16(23)21-8-10-22(11-9-21)18(25)15-13-6-4-5-7-14(13)17(24)20(3)19-15/h4-7,12H,8-11H2,1-3H3. The normalized spacial score (nSPS) is 15.0. The summed E-state index contributed by atoms with van der Waals surface area (Å²) in [6, 6.07) is 7.01. The molecule has 2 amide bonds. The van der Waals surface area contributed by atoms with Gasteiger partial charge in [-0.05, 0) is 6.07 Å². The highest BCUT2D eigenvalue weighted by molar-refractivity contribution is 6.04. The van der Waals surface area contributed by atoms with E-state index in [0.717, 1.165) is 0 Å². The fourth-order valence-corrected chi connectivity index (χ4v) is 3.10. The smallest absolute Gasteiger partial charge is 0.275 e. The zero-order valence-corrected chi connectivity index (χ0v) is 14.7. The van der Waals surface area contributed by atoms with Crippen LogP contribution in [-0.2, 0) is 11.8 Å². The molecular weight excluding hydrogens is 320 g/mol. The lowest BCUT2D eigenvalue weighted by atomic mass is 10.1. The predicted octanol–water partition coefficient (Wildman–Crippen LogP) is 0.874. The summed E-state index contributed by atoms with van der Waals surface area (Å²) in [5, 5.41) is 5.24. The Morgan fingerprint density at radius 1 is 1.00 bits per heavy atom. The minimum Gasteiger partial charge on any atom is -0.339 e. The van der Waals surface area contributed by atoms with Gasteiger partial charge >= 0.3 is 0 Å². The van der Waals surface area contributed by atoms with Gasteiger partial charge in [-0.3, -0.25) is 14.4 Å². The van der Waals surface area contributed by atoms with E-state index in [0.29, 0.717) is 37.0 Å². The molecule has 3 rings (SSSR count). The third-order valence-electron chi connectivity index (χ3n) is 4.53. The number of aromatic nitrogens is 2. The number of hydrogen-bond donors (Lipinski definition) is 0. The monoisotopic (exact) mass is 342 g/mol. The summed E-state index contributed by atoms with van der Waals surface area (Å²) >= 11 is 0. The van der Waals surface area contributed by atoms with E-state index in [1.54, 1.807) is 41.1 Å². The van der Waals surface area contributed by atoms with Crippen LogP contribution in [0.3, 0.4) is 0 Å². The van der Waals surface area contributed by atoms with Gasteiger partial charge in [0.2, 0.25) is 5.91 Å². The van der Waals surface area contributed by atoms with Crippen LogP contribution >= 0.6 is 0 Å². The second kappa shape index (κ2) is 6.66. The highest BCUT2D eigenvalue weighted by atomic mass is 16.2. The molecule has 1 fully saturated rings. The van der Waals surface area contributed by atoms with Crippen LogP contribution < -0.4 is 5.56 Å². The number of aryl methyl sites for hydroxylation is 1. The minimum atomic E-state index is -0.223. The number of benzene rings is 1. The summed E-state index contributed by atoms with van der Waals surface area (Å²) in [5.74, 6) is -0.141. The van der Waals surface area contributed by atoms with Crippen LogP contribution in [0.5, 0.6) is 0 Å². The fraction of sp³-hybridized carbons (Fsp3) is 0.444. The largest absolute Gasteiger partial charge is 0.339 e. The number of carbonyl (C=O) groups is 2. The molecule has 132 valence electrons. The lowest BCUT2D eigenvalue weighted by molar-refractivity contribution is -0.135. The number of nitrogens with zero attached hydrogens (tertiary/aromatic N) is 4. The highest BCUT2D eigenvalue weighted by Crippen LogP contribution is 2.16. The Bertz CT molecular complexity index is 880. The highest BCUT2D eigenvalue weighted by Gasteiger charge is 2.28. The lowest BCUT2D eigenvalue weighted by Gasteiger charge is -2.35. The van der Waals surface area contributed by atoms with Gasteiger partial charge in [-0.25, -0.2) is 4.68 Å². The Balaban J connectivity index is 1.86. The Hall–Kier alpha value is -2.70. The molecule has 0 radical (unpaired) electrons. The maximum Gasteiger partial charge on any atom is 0.275 e. The number of rotatable bonds is 2. The average Bonchev–Trinajstić information content (AvgIpc) is 2.63. The van der Waals surface area contributed by atoms with Gasteiger partial charge in [-0.15, -0.1) is 0 Å². The van der Waals surface area contributed by atoms with Crippen molar-refractivity contribution in [1.82, 2.24) is 19.6 Å². The quantitative estimate of drug-likeness (QED) is 0.812. The van der Waals surface area contributed by atoms with E-state index in [9.17, 15) is 14.4 Å². The van der Waals surface area contributed by atoms with Gasteiger partial charge in [-0.2, -0.15) is 5.10 Å². The molecule has 25 heavy (non-hydrogen) atoms. The zero-order chi connectivity index (χ0) is 18.1. The molecule has 1 aliphatic rings.